The fourth-order valence-corrected chi connectivity index (χ4v) is 3.21. The third-order valence-corrected chi connectivity index (χ3v) is 4.92. The number of hydrogen-bond donors (Lipinski definition) is 2. The van der Waals surface area contributed by atoms with E-state index in [9.17, 15) is 0 Å². The van der Waals surface area contributed by atoms with E-state index in [1.54, 1.807) is 6.21 Å². The Hall–Kier alpha value is -2.19. The van der Waals surface area contributed by atoms with Gasteiger partial charge >= 0.3 is 0 Å². The third kappa shape index (κ3) is 7.62. The van der Waals surface area contributed by atoms with Crippen molar-refractivity contribution in [3.05, 3.63) is 64.7 Å². The van der Waals surface area contributed by atoms with Crippen LogP contribution in [0.25, 0.3) is 0 Å². The Morgan fingerprint density at radius 2 is 2.00 bits per heavy atom. The lowest BCUT2D eigenvalue weighted by Crippen LogP contribution is -2.42. The molecular formula is C21H25ClN4O2S. The van der Waals surface area contributed by atoms with E-state index in [4.69, 9.17) is 33.3 Å². The molecule has 0 spiro atoms. The molecule has 8 heteroatoms. The van der Waals surface area contributed by atoms with Gasteiger partial charge < -0.3 is 14.8 Å². The van der Waals surface area contributed by atoms with Gasteiger partial charge in [-0.05, 0) is 41.5 Å². The van der Waals surface area contributed by atoms with E-state index in [0.29, 0.717) is 22.5 Å². The summed E-state index contributed by atoms with van der Waals surface area (Å²) in [5.41, 5.74) is 4.77. The summed E-state index contributed by atoms with van der Waals surface area (Å²) >= 11 is 11.6. The first kappa shape index (κ1) is 21.5. The average molecular weight is 433 g/mol. The normalized spacial score (nSPS) is 14.7. The molecule has 0 aliphatic carbocycles. The highest BCUT2D eigenvalue weighted by Gasteiger charge is 2.09. The van der Waals surface area contributed by atoms with E-state index in [2.05, 4.69) is 20.7 Å². The first-order chi connectivity index (χ1) is 14.2. The lowest BCUT2D eigenvalue weighted by atomic mass is 10.2. The Kier molecular flexibility index (Phi) is 8.70. The molecular weight excluding hydrogens is 408 g/mol. The summed E-state index contributed by atoms with van der Waals surface area (Å²) in [6.07, 6.45) is 1.67. The SMILES string of the molecule is S=C(NCCN1CCOCC1)N/N=C/c1ccc(OCc2ccccc2)c(Cl)c1. The quantitative estimate of drug-likeness (QED) is 0.380. The van der Waals surface area contributed by atoms with E-state index in [1.807, 2.05) is 48.5 Å². The molecule has 154 valence electrons. The molecule has 2 N–H and O–H groups in total. The largest absolute Gasteiger partial charge is 0.487 e. The Labute approximate surface area is 181 Å². The Balaban J connectivity index is 1.39. The molecule has 0 atom stereocenters. The maximum absolute atomic E-state index is 6.32. The van der Waals surface area contributed by atoms with Crippen molar-refractivity contribution in [2.75, 3.05) is 39.4 Å². The summed E-state index contributed by atoms with van der Waals surface area (Å²) in [5, 5.41) is 8.33. The van der Waals surface area contributed by atoms with Gasteiger partial charge in [-0.2, -0.15) is 5.10 Å². The van der Waals surface area contributed by atoms with Crippen molar-refractivity contribution >= 4 is 35.1 Å². The summed E-state index contributed by atoms with van der Waals surface area (Å²) in [4.78, 5) is 2.34. The number of benzene rings is 2. The number of morpholine rings is 1. The zero-order chi connectivity index (χ0) is 20.3. The van der Waals surface area contributed by atoms with Crippen molar-refractivity contribution in [3.63, 3.8) is 0 Å². The number of nitrogens with one attached hydrogen (secondary N) is 2. The number of rotatable bonds is 8. The Morgan fingerprint density at radius 3 is 2.76 bits per heavy atom. The van der Waals surface area contributed by atoms with Gasteiger partial charge in [-0.15, -0.1) is 0 Å². The van der Waals surface area contributed by atoms with Crippen LogP contribution in [-0.4, -0.2) is 55.6 Å². The molecule has 1 aliphatic rings. The molecule has 0 unspecified atom stereocenters. The number of hydrogen-bond acceptors (Lipinski definition) is 5. The number of halogens is 1. The van der Waals surface area contributed by atoms with Crippen molar-refractivity contribution in [1.29, 1.82) is 0 Å². The van der Waals surface area contributed by atoms with Crippen LogP contribution in [0.15, 0.2) is 53.6 Å². The smallest absolute Gasteiger partial charge is 0.187 e. The number of thiocarbonyl (C=S) groups is 1. The number of hydrazone groups is 1. The van der Waals surface area contributed by atoms with Crippen LogP contribution in [0.5, 0.6) is 5.75 Å². The average Bonchev–Trinajstić information content (AvgIpc) is 2.75. The molecule has 1 aliphatic heterocycles. The highest BCUT2D eigenvalue weighted by atomic mass is 35.5. The van der Waals surface area contributed by atoms with Gasteiger partial charge in [-0.3, -0.25) is 10.3 Å². The Bertz CT molecular complexity index is 814. The third-order valence-electron chi connectivity index (χ3n) is 4.39. The van der Waals surface area contributed by atoms with Crippen LogP contribution >= 0.6 is 23.8 Å². The van der Waals surface area contributed by atoms with E-state index < -0.39 is 0 Å². The van der Waals surface area contributed by atoms with Crippen LogP contribution in [0, 0.1) is 0 Å². The summed E-state index contributed by atoms with van der Waals surface area (Å²) in [7, 11) is 0. The lowest BCUT2D eigenvalue weighted by Gasteiger charge is -2.26. The van der Waals surface area contributed by atoms with Gasteiger partial charge in [0.25, 0.3) is 0 Å². The van der Waals surface area contributed by atoms with E-state index in [1.165, 1.54) is 0 Å². The van der Waals surface area contributed by atoms with Gasteiger partial charge in [-0.25, -0.2) is 0 Å². The minimum atomic E-state index is 0.472. The topological polar surface area (TPSA) is 58.1 Å². The summed E-state index contributed by atoms with van der Waals surface area (Å²) in [5.74, 6) is 0.640. The van der Waals surface area contributed by atoms with Crippen molar-refractivity contribution in [2.45, 2.75) is 6.61 Å². The zero-order valence-corrected chi connectivity index (χ0v) is 17.7. The second-order valence-electron chi connectivity index (χ2n) is 6.54. The number of nitrogens with zero attached hydrogens (tertiary/aromatic N) is 2. The molecule has 1 fully saturated rings. The van der Waals surface area contributed by atoms with Gasteiger partial charge in [0.15, 0.2) is 5.11 Å². The molecule has 3 rings (SSSR count). The molecule has 0 aromatic heterocycles. The minimum Gasteiger partial charge on any atom is -0.487 e. The predicted octanol–water partition coefficient (Wildman–Crippen LogP) is 3.05. The first-order valence-electron chi connectivity index (χ1n) is 9.54. The fraction of sp³-hybridized carbons (Fsp3) is 0.333. The van der Waals surface area contributed by atoms with Gasteiger partial charge in [0, 0.05) is 26.2 Å². The van der Waals surface area contributed by atoms with Crippen LogP contribution in [-0.2, 0) is 11.3 Å². The molecule has 1 heterocycles. The van der Waals surface area contributed by atoms with E-state index >= 15 is 0 Å². The van der Waals surface area contributed by atoms with Crippen LogP contribution in [0.1, 0.15) is 11.1 Å². The second kappa shape index (κ2) is 11.7. The van der Waals surface area contributed by atoms with Crippen LogP contribution in [0.4, 0.5) is 0 Å². The van der Waals surface area contributed by atoms with Crippen LogP contribution in [0.2, 0.25) is 5.02 Å². The van der Waals surface area contributed by atoms with E-state index in [0.717, 1.165) is 50.5 Å². The van der Waals surface area contributed by atoms with Crippen molar-refractivity contribution < 1.29 is 9.47 Å². The van der Waals surface area contributed by atoms with Crippen LogP contribution in [0.3, 0.4) is 0 Å². The van der Waals surface area contributed by atoms with E-state index in [-0.39, 0.29) is 0 Å². The van der Waals surface area contributed by atoms with Crippen LogP contribution < -0.4 is 15.5 Å². The highest BCUT2D eigenvalue weighted by Crippen LogP contribution is 2.25. The van der Waals surface area contributed by atoms with Gasteiger partial charge in [0.05, 0.1) is 24.5 Å². The molecule has 29 heavy (non-hydrogen) atoms. The lowest BCUT2D eigenvalue weighted by molar-refractivity contribution is 0.0389. The predicted molar refractivity (Wildman–Crippen MR) is 121 cm³/mol. The number of ether oxygens (including phenoxy) is 2. The Morgan fingerprint density at radius 1 is 1.21 bits per heavy atom. The summed E-state index contributed by atoms with van der Waals surface area (Å²) < 4.78 is 11.1. The van der Waals surface area contributed by atoms with Gasteiger partial charge in [-0.1, -0.05) is 41.9 Å². The zero-order valence-electron chi connectivity index (χ0n) is 16.1. The summed E-state index contributed by atoms with van der Waals surface area (Å²) in [6.45, 7) is 5.68. The monoisotopic (exact) mass is 432 g/mol. The van der Waals surface area contributed by atoms with Crippen molar-refractivity contribution in [3.8, 4) is 5.75 Å². The second-order valence-corrected chi connectivity index (χ2v) is 7.36. The fourth-order valence-electron chi connectivity index (χ4n) is 2.81. The van der Waals surface area contributed by atoms with Crippen molar-refractivity contribution in [2.24, 2.45) is 5.10 Å². The maximum Gasteiger partial charge on any atom is 0.187 e. The first-order valence-corrected chi connectivity index (χ1v) is 10.3. The van der Waals surface area contributed by atoms with Gasteiger partial charge in [0.1, 0.15) is 12.4 Å². The molecule has 0 radical (unpaired) electrons. The molecule has 0 amide bonds. The molecule has 6 nitrogen and oxygen atoms in total. The molecule has 0 bridgehead atoms. The molecule has 2 aromatic rings. The molecule has 0 saturated carbocycles. The highest BCUT2D eigenvalue weighted by molar-refractivity contribution is 7.80. The molecule has 1 saturated heterocycles. The minimum absolute atomic E-state index is 0.472. The summed E-state index contributed by atoms with van der Waals surface area (Å²) in [6, 6.07) is 15.5. The standard InChI is InChI=1S/C21H25ClN4O2S/c22-19-14-18(6-7-20(19)28-16-17-4-2-1-3-5-17)15-24-25-21(29)23-8-9-26-10-12-27-13-11-26/h1-7,14-15H,8-13,16H2,(H2,23,25,29)/b24-15+. The van der Waals surface area contributed by atoms with Gasteiger partial charge in [0.2, 0.25) is 0 Å². The maximum atomic E-state index is 6.32. The molecule has 2 aromatic carbocycles. The van der Waals surface area contributed by atoms with Crippen molar-refractivity contribution in [1.82, 2.24) is 15.6 Å².